The quantitative estimate of drug-likeness (QED) is 0.424. The molecule has 4 nitrogen and oxygen atoms in total. The largest absolute Gasteiger partial charge is 0.386 e. The van der Waals surface area contributed by atoms with E-state index in [4.69, 9.17) is 15.9 Å². The molecule has 0 aromatic heterocycles. The van der Waals surface area contributed by atoms with Crippen molar-refractivity contribution >= 4 is 0 Å². The van der Waals surface area contributed by atoms with Gasteiger partial charge in [-0.25, -0.2) is 0 Å². The Labute approximate surface area is 173 Å². The molecule has 2 rings (SSSR count). The molecule has 0 heterocycles. The number of ether oxygens (including phenoxy) is 2. The van der Waals surface area contributed by atoms with E-state index in [2.05, 4.69) is 12.5 Å². The molecule has 0 unspecified atom stereocenters. The van der Waals surface area contributed by atoms with E-state index in [1.807, 2.05) is 67.6 Å². The van der Waals surface area contributed by atoms with Gasteiger partial charge in [-0.1, -0.05) is 86.0 Å². The Morgan fingerprint density at radius 3 is 2.00 bits per heavy atom. The van der Waals surface area contributed by atoms with E-state index in [0.717, 1.165) is 11.1 Å². The summed E-state index contributed by atoms with van der Waals surface area (Å²) < 4.78 is 12.1. The van der Waals surface area contributed by atoms with Gasteiger partial charge in [0.15, 0.2) is 5.60 Å². The smallest absolute Gasteiger partial charge is 0.153 e. The highest BCUT2D eigenvalue weighted by atomic mass is 16.6. The van der Waals surface area contributed by atoms with Crippen molar-refractivity contribution in [1.82, 2.24) is 0 Å². The molecule has 0 aliphatic carbocycles. The second-order valence-corrected chi connectivity index (χ2v) is 7.02. The van der Waals surface area contributed by atoms with Gasteiger partial charge in [-0.15, -0.1) is 13.0 Å². The van der Waals surface area contributed by atoms with Crippen LogP contribution in [0.15, 0.2) is 73.3 Å². The van der Waals surface area contributed by atoms with Crippen molar-refractivity contribution in [2.75, 3.05) is 0 Å². The lowest BCUT2D eigenvalue weighted by molar-refractivity contribution is -0.178. The molecule has 2 N–H and O–H groups in total. The number of terminal acetylenes is 1. The van der Waals surface area contributed by atoms with Gasteiger partial charge in [-0.2, -0.15) is 0 Å². The van der Waals surface area contributed by atoms with Crippen LogP contribution in [0.2, 0.25) is 0 Å². The predicted molar refractivity (Wildman–Crippen MR) is 115 cm³/mol. The molecule has 154 valence electrons. The molecule has 0 fully saturated rings. The average Bonchev–Trinajstić information content (AvgIpc) is 2.77. The zero-order valence-electron chi connectivity index (χ0n) is 16.9. The highest BCUT2D eigenvalue weighted by molar-refractivity contribution is 5.18. The lowest BCUT2D eigenvalue weighted by Crippen LogP contribution is -2.54. The van der Waals surface area contributed by atoms with Crippen molar-refractivity contribution in [2.45, 2.75) is 56.9 Å². The van der Waals surface area contributed by atoms with E-state index in [-0.39, 0.29) is 13.2 Å². The Hall–Kier alpha value is -2.42. The van der Waals surface area contributed by atoms with Crippen molar-refractivity contribution < 1.29 is 19.7 Å². The third-order valence-electron chi connectivity index (χ3n) is 4.79. The number of aliphatic hydroxyl groups excluding tert-OH is 1. The van der Waals surface area contributed by atoms with Gasteiger partial charge in [0.05, 0.1) is 13.2 Å². The molecule has 4 atom stereocenters. The van der Waals surface area contributed by atoms with Gasteiger partial charge in [0.1, 0.15) is 18.3 Å². The van der Waals surface area contributed by atoms with Crippen molar-refractivity contribution in [3.05, 3.63) is 84.4 Å². The molecule has 2 aromatic rings. The van der Waals surface area contributed by atoms with Crippen LogP contribution < -0.4 is 0 Å². The molecule has 0 radical (unpaired) electrons. The first-order valence-corrected chi connectivity index (χ1v) is 9.86. The number of aliphatic hydroxyl groups is 2. The third kappa shape index (κ3) is 6.56. The van der Waals surface area contributed by atoms with E-state index < -0.39 is 23.9 Å². The second-order valence-electron chi connectivity index (χ2n) is 7.02. The van der Waals surface area contributed by atoms with Gasteiger partial charge < -0.3 is 19.7 Å². The summed E-state index contributed by atoms with van der Waals surface area (Å²) in [5.41, 5.74) is 0.285. The van der Waals surface area contributed by atoms with Crippen molar-refractivity contribution in [3.63, 3.8) is 0 Å². The maximum absolute atomic E-state index is 11.2. The van der Waals surface area contributed by atoms with Crippen LogP contribution in [0.3, 0.4) is 0 Å². The topological polar surface area (TPSA) is 58.9 Å². The van der Waals surface area contributed by atoms with Crippen LogP contribution in [-0.4, -0.2) is 34.1 Å². The van der Waals surface area contributed by atoms with Gasteiger partial charge in [-0.3, -0.25) is 0 Å². The van der Waals surface area contributed by atoms with Gasteiger partial charge in [0.25, 0.3) is 0 Å². The molecule has 2 aromatic carbocycles. The summed E-state index contributed by atoms with van der Waals surface area (Å²) in [7, 11) is 0. The van der Waals surface area contributed by atoms with Crippen LogP contribution >= 0.6 is 0 Å². The Bertz CT molecular complexity index is 768. The molecule has 0 bridgehead atoms. The van der Waals surface area contributed by atoms with Crippen LogP contribution in [0, 0.1) is 12.3 Å². The van der Waals surface area contributed by atoms with Crippen molar-refractivity contribution in [3.8, 4) is 12.3 Å². The van der Waals surface area contributed by atoms with E-state index in [9.17, 15) is 10.2 Å². The van der Waals surface area contributed by atoms with Crippen LogP contribution in [0.5, 0.6) is 0 Å². The molecule has 29 heavy (non-hydrogen) atoms. The van der Waals surface area contributed by atoms with Gasteiger partial charge in [0, 0.05) is 0 Å². The molecule has 4 heteroatoms. The van der Waals surface area contributed by atoms with Gasteiger partial charge >= 0.3 is 0 Å². The van der Waals surface area contributed by atoms with E-state index >= 15 is 0 Å². The third-order valence-corrected chi connectivity index (χ3v) is 4.79. The van der Waals surface area contributed by atoms with Crippen LogP contribution in [0.4, 0.5) is 0 Å². The Kier molecular flexibility index (Phi) is 9.11. The molecular formula is C25H30O4. The van der Waals surface area contributed by atoms with Crippen molar-refractivity contribution in [2.24, 2.45) is 0 Å². The molecule has 0 aliphatic heterocycles. The first-order valence-electron chi connectivity index (χ1n) is 9.86. The predicted octanol–water partition coefficient (Wildman–Crippen LogP) is 3.87. The SMILES string of the molecule is C#C[C@@](O)(CCC)[C@H](OCc1ccccc1)[C@@H](OCc1ccccc1)[C@H](O)C=C. The van der Waals surface area contributed by atoms with Crippen LogP contribution in [-0.2, 0) is 22.7 Å². The number of hydrogen-bond acceptors (Lipinski definition) is 4. The standard InChI is InChI=1S/C25H30O4/c1-4-17-25(27,6-3)24(29-19-21-15-11-8-12-16-21)23(22(26)5-2)28-18-20-13-9-7-10-14-20/h3,5,7-16,22-24,26-27H,2,4,17-19H2,1H3/t22-,23+,24-,25-/m1/s1. The molecule has 0 saturated heterocycles. The monoisotopic (exact) mass is 394 g/mol. The second kappa shape index (κ2) is 11.5. The number of hydrogen-bond donors (Lipinski definition) is 2. The fraction of sp³-hybridized carbons (Fsp3) is 0.360. The van der Waals surface area contributed by atoms with E-state index in [1.54, 1.807) is 0 Å². The summed E-state index contributed by atoms with van der Waals surface area (Å²) in [4.78, 5) is 0. The summed E-state index contributed by atoms with van der Waals surface area (Å²) in [6.07, 6.45) is 5.17. The molecule has 0 spiro atoms. The molecule has 0 saturated carbocycles. The Morgan fingerprint density at radius 2 is 1.55 bits per heavy atom. The minimum Gasteiger partial charge on any atom is -0.386 e. The summed E-state index contributed by atoms with van der Waals surface area (Å²) >= 11 is 0. The zero-order valence-corrected chi connectivity index (χ0v) is 16.9. The first-order chi connectivity index (χ1) is 14.0. The normalized spacial score (nSPS) is 16.2. The number of benzene rings is 2. The fourth-order valence-electron chi connectivity index (χ4n) is 3.21. The fourth-order valence-corrected chi connectivity index (χ4v) is 3.21. The summed E-state index contributed by atoms with van der Waals surface area (Å²) in [5, 5.41) is 21.8. The van der Waals surface area contributed by atoms with Crippen molar-refractivity contribution in [1.29, 1.82) is 0 Å². The highest BCUT2D eigenvalue weighted by Gasteiger charge is 2.43. The summed E-state index contributed by atoms with van der Waals surface area (Å²) in [5.74, 6) is 2.48. The van der Waals surface area contributed by atoms with Gasteiger partial charge in [0.2, 0.25) is 0 Å². The summed E-state index contributed by atoms with van der Waals surface area (Å²) in [6.45, 7) is 6.08. The van der Waals surface area contributed by atoms with Crippen LogP contribution in [0.1, 0.15) is 30.9 Å². The molecule has 0 amide bonds. The zero-order chi connectivity index (χ0) is 21.1. The Morgan fingerprint density at radius 1 is 1.03 bits per heavy atom. The maximum atomic E-state index is 11.2. The lowest BCUT2D eigenvalue weighted by atomic mass is 9.86. The van der Waals surface area contributed by atoms with Gasteiger partial charge in [-0.05, 0) is 17.5 Å². The minimum atomic E-state index is -1.59. The van der Waals surface area contributed by atoms with Crippen LogP contribution in [0.25, 0.3) is 0 Å². The maximum Gasteiger partial charge on any atom is 0.153 e. The minimum absolute atomic E-state index is 0.230. The summed E-state index contributed by atoms with van der Waals surface area (Å²) in [6, 6.07) is 19.2. The average molecular weight is 395 g/mol. The highest BCUT2D eigenvalue weighted by Crippen LogP contribution is 2.28. The van der Waals surface area contributed by atoms with E-state index in [0.29, 0.717) is 12.8 Å². The molecule has 0 aliphatic rings. The first kappa shape index (κ1) is 22.9. The number of rotatable bonds is 12. The lowest BCUT2D eigenvalue weighted by Gasteiger charge is -2.38. The molecular weight excluding hydrogens is 364 g/mol. The van der Waals surface area contributed by atoms with E-state index in [1.165, 1.54) is 6.08 Å². The Balaban J connectivity index is 2.28.